The zero-order valence-corrected chi connectivity index (χ0v) is 62.0. The smallest absolute Gasteiger partial charge is 0.131 e. The molecule has 8 heterocycles. The summed E-state index contributed by atoms with van der Waals surface area (Å²) in [7, 11) is 0. The molecule has 8 aliphatic heterocycles. The van der Waals surface area contributed by atoms with Crippen LogP contribution in [-0.2, 0) is 116 Å². The first-order valence-corrected chi connectivity index (χ1v) is 38.4. The van der Waals surface area contributed by atoms with E-state index < -0.39 is 0 Å². The van der Waals surface area contributed by atoms with E-state index in [0.29, 0.717) is 52.9 Å². The summed E-state index contributed by atoms with van der Waals surface area (Å²) in [5.74, 6) is 7.27. The highest BCUT2D eigenvalue weighted by molar-refractivity contribution is 6.02. The van der Waals surface area contributed by atoms with Crippen LogP contribution in [0, 0.1) is 27.7 Å². The van der Waals surface area contributed by atoms with Crippen LogP contribution in [0.2, 0.25) is 0 Å². The molecule has 4 aliphatic carbocycles. The minimum absolute atomic E-state index is 0.00501. The molecule has 108 heavy (non-hydrogen) atoms. The third-order valence-corrected chi connectivity index (χ3v) is 21.5. The van der Waals surface area contributed by atoms with Crippen molar-refractivity contribution in [2.75, 3.05) is 106 Å². The molecule has 0 saturated carbocycles. The molecular formula is C88H96O20. The number of epoxide rings is 8. The van der Waals surface area contributed by atoms with Crippen molar-refractivity contribution in [1.29, 1.82) is 0 Å². The van der Waals surface area contributed by atoms with Gasteiger partial charge in [-0.1, -0.05) is 78.4 Å². The van der Waals surface area contributed by atoms with Crippen LogP contribution in [0.4, 0.5) is 0 Å². The first kappa shape index (κ1) is 72.5. The van der Waals surface area contributed by atoms with Gasteiger partial charge >= 0.3 is 0 Å². The Kier molecular flexibility index (Phi) is 21.5. The van der Waals surface area contributed by atoms with Gasteiger partial charge in [0.15, 0.2) is 0 Å². The number of hydrogen-bond acceptors (Lipinski definition) is 20. The first-order chi connectivity index (χ1) is 53.0. The van der Waals surface area contributed by atoms with E-state index in [0.717, 1.165) is 238 Å². The number of ether oxygens (including phenoxy) is 16. The largest absolute Gasteiger partial charge is 0.490 e. The van der Waals surface area contributed by atoms with Crippen molar-refractivity contribution in [3.63, 3.8) is 0 Å². The molecule has 568 valence electrons. The van der Waals surface area contributed by atoms with Crippen LogP contribution in [0.15, 0.2) is 97.1 Å². The van der Waals surface area contributed by atoms with Gasteiger partial charge in [0.05, 0.1) is 79.3 Å². The van der Waals surface area contributed by atoms with Gasteiger partial charge in [0, 0.05) is 87.6 Å². The molecule has 20 nitrogen and oxygen atoms in total. The van der Waals surface area contributed by atoms with E-state index in [4.69, 9.17) is 75.8 Å². The summed E-state index contributed by atoms with van der Waals surface area (Å²) in [6.45, 7) is 18.7. The second kappa shape index (κ2) is 31.9. The number of rotatable bonds is 28. The molecule has 8 fully saturated rings. The van der Waals surface area contributed by atoms with Gasteiger partial charge in [-0.05, 0) is 142 Å². The van der Waals surface area contributed by atoms with Crippen molar-refractivity contribution in [3.05, 3.63) is 186 Å². The predicted octanol–water partition coefficient (Wildman–Crippen LogP) is 11.4. The number of aryl methyl sites for hydroxylation is 4. The highest BCUT2D eigenvalue weighted by Gasteiger charge is 2.36. The fourth-order valence-corrected chi connectivity index (χ4v) is 15.5. The van der Waals surface area contributed by atoms with Gasteiger partial charge in [-0.3, -0.25) is 0 Å². The quantitative estimate of drug-likeness (QED) is 0.0263. The summed E-state index contributed by atoms with van der Waals surface area (Å²) in [6.07, 6.45) is 25.6. The Balaban J connectivity index is 0.000000105. The van der Waals surface area contributed by atoms with Gasteiger partial charge in [0.2, 0.25) is 0 Å². The van der Waals surface area contributed by atoms with Gasteiger partial charge in [-0.25, -0.2) is 0 Å². The number of aliphatic hydroxyl groups is 4. The average molecular weight is 1470 g/mol. The van der Waals surface area contributed by atoms with Gasteiger partial charge < -0.3 is 96.2 Å². The predicted molar refractivity (Wildman–Crippen MR) is 407 cm³/mol. The summed E-state index contributed by atoms with van der Waals surface area (Å²) in [5.41, 5.74) is 17.4. The topological polar surface area (TPSA) is 255 Å². The van der Waals surface area contributed by atoms with Crippen molar-refractivity contribution in [2.24, 2.45) is 0 Å². The molecule has 0 radical (unpaired) electrons. The molecule has 0 aromatic heterocycles. The second-order valence-electron chi connectivity index (χ2n) is 30.1. The van der Waals surface area contributed by atoms with Crippen LogP contribution >= 0.6 is 0 Å². The zero-order chi connectivity index (χ0) is 73.5. The van der Waals surface area contributed by atoms with E-state index in [1.54, 1.807) is 0 Å². The van der Waals surface area contributed by atoms with E-state index in [-0.39, 0.29) is 75.3 Å². The minimum Gasteiger partial charge on any atom is -0.490 e. The fraction of sp³-hybridized carbons (Fsp3) is 0.455. The maximum atomic E-state index is 10.1. The summed E-state index contributed by atoms with van der Waals surface area (Å²) < 4.78 is 92.9. The maximum absolute atomic E-state index is 10.1. The monoisotopic (exact) mass is 1470 g/mol. The Bertz CT molecular complexity index is 4820. The standard InChI is InChI=1S/C22H24O6.2C22H24O5.C22H24O4/c23-7-13-5-14(8-24)20-19(6-13)21(27-11-15-9-25-15)17-3-1-2-4-18(17)22(20)28-12-16-10-26-16;1-13-6-14(8-23)7-19-20(13)22(27-12-16-10-25-16)18-5-3-2-4-17(18)21(19)26-11-15-9-24-15;1-13-6-14(8-23)20-19(7-13)21(26-11-15-9-24-15)17-4-2-3-5-18(17)22(20)27-12-16-10-25-16;1-13-7-14(2)20-19(8-13)21(25-11-15-9-23-15)17-5-3-4-6-18(17)22(20)26-12-16-10-24-16/h1-2,5-6,15-16,23-24H,3-4,7-12H2;2*2-3,6-7,15-16,23H,4-5,8-12H2,1H3;3-4,7-8,15-16H,5-6,9-12H2,1-2H3. The van der Waals surface area contributed by atoms with Crippen molar-refractivity contribution in [1.82, 2.24) is 0 Å². The van der Waals surface area contributed by atoms with Crippen LogP contribution in [0.25, 0.3) is 43.1 Å². The normalized spacial score (nSPS) is 22.6. The van der Waals surface area contributed by atoms with Crippen molar-refractivity contribution < 1.29 is 96.2 Å². The Morgan fingerprint density at radius 1 is 0.259 bits per heavy atom. The molecule has 8 aromatic carbocycles. The number of fused-ring (bicyclic) bond motifs is 8. The van der Waals surface area contributed by atoms with Gasteiger partial charge in [-0.2, -0.15) is 0 Å². The second-order valence-corrected chi connectivity index (χ2v) is 30.1. The maximum Gasteiger partial charge on any atom is 0.131 e. The van der Waals surface area contributed by atoms with Crippen LogP contribution in [-0.4, -0.2) is 175 Å². The number of hydrogen-bond donors (Lipinski definition) is 4. The zero-order valence-electron chi connectivity index (χ0n) is 62.0. The van der Waals surface area contributed by atoms with Gasteiger partial charge in [0.1, 0.15) is 148 Å². The van der Waals surface area contributed by atoms with Crippen molar-refractivity contribution in [2.45, 2.75) is 154 Å². The Hall–Kier alpha value is -8.32. The summed E-state index contributed by atoms with van der Waals surface area (Å²) in [4.78, 5) is 0. The van der Waals surface area contributed by atoms with E-state index >= 15 is 0 Å². The Labute approximate surface area is 628 Å². The van der Waals surface area contributed by atoms with Crippen LogP contribution < -0.4 is 37.9 Å². The third-order valence-electron chi connectivity index (χ3n) is 21.5. The molecule has 0 spiro atoms. The Morgan fingerprint density at radius 3 is 0.769 bits per heavy atom. The van der Waals surface area contributed by atoms with E-state index in [9.17, 15) is 20.4 Å². The third kappa shape index (κ3) is 16.4. The molecule has 0 bridgehead atoms. The molecule has 20 rings (SSSR count). The Morgan fingerprint density at radius 2 is 0.481 bits per heavy atom. The van der Waals surface area contributed by atoms with E-state index in [1.807, 2.05) is 37.3 Å². The summed E-state index contributed by atoms with van der Waals surface area (Å²) in [5, 5.41) is 47.7. The van der Waals surface area contributed by atoms with Crippen LogP contribution in [0.1, 0.15) is 89.0 Å². The summed E-state index contributed by atoms with van der Waals surface area (Å²) in [6, 6.07) is 16.5. The molecular weight excluding hydrogens is 1380 g/mol. The number of allylic oxidation sites excluding steroid dienone is 8. The average Bonchev–Trinajstić information content (AvgIpc) is 1.75. The van der Waals surface area contributed by atoms with E-state index in [1.165, 1.54) is 44.3 Å². The lowest BCUT2D eigenvalue weighted by atomic mass is 9.88. The molecule has 4 N–H and O–H groups in total. The molecule has 8 aromatic rings. The highest BCUT2D eigenvalue weighted by atomic mass is 16.6. The fourth-order valence-electron chi connectivity index (χ4n) is 15.5. The SMILES string of the molecule is Cc1cc(C)c2c(OCC3CO3)c3c(c(OCC4CO4)c2c1)CC=CC3.Cc1cc(CO)c2c(OCC3CO3)c3c(c(OCC4CO4)c2c1)CC=CC3.Cc1cc(CO)cc2c(OCC3CO3)c3c(c(OCC4CO4)c12)CC=CC3.OCc1cc(CO)c2c(OCC3CO3)c3c(c(OCC4CO4)c2c1)CC=CC3. The summed E-state index contributed by atoms with van der Waals surface area (Å²) >= 11 is 0. The van der Waals surface area contributed by atoms with Crippen LogP contribution in [0.3, 0.4) is 0 Å². The molecule has 12 aliphatic rings. The van der Waals surface area contributed by atoms with Crippen LogP contribution in [0.5, 0.6) is 46.0 Å². The molecule has 8 saturated heterocycles. The number of benzene rings is 8. The molecule has 8 unspecified atom stereocenters. The lowest BCUT2D eigenvalue weighted by Gasteiger charge is -2.25. The lowest BCUT2D eigenvalue weighted by Crippen LogP contribution is -2.13. The minimum atomic E-state index is -0.138. The van der Waals surface area contributed by atoms with Crippen molar-refractivity contribution >= 4 is 43.1 Å². The lowest BCUT2D eigenvalue weighted by molar-refractivity contribution is 0.256. The molecule has 0 amide bonds. The molecule has 8 atom stereocenters. The van der Waals surface area contributed by atoms with Gasteiger partial charge in [0.25, 0.3) is 0 Å². The number of aliphatic hydroxyl groups excluding tert-OH is 4. The van der Waals surface area contributed by atoms with E-state index in [2.05, 4.69) is 87.6 Å². The highest BCUT2D eigenvalue weighted by Crippen LogP contribution is 2.51. The van der Waals surface area contributed by atoms with Crippen molar-refractivity contribution in [3.8, 4) is 46.0 Å². The van der Waals surface area contributed by atoms with Gasteiger partial charge in [-0.15, -0.1) is 0 Å². The molecule has 20 heteroatoms. The first-order valence-electron chi connectivity index (χ1n) is 38.4.